The second-order valence-electron chi connectivity index (χ2n) is 6.75. The molecule has 0 aromatic carbocycles. The standard InChI is InChI=1S/C4H18B8N2/c5-1(6)2(7,8)14-4(11,12)3(9,10)13-1/h13-14H,5-12H2. The molecule has 0 spiro atoms. The van der Waals surface area contributed by atoms with Crippen LogP contribution in [0.3, 0.4) is 0 Å². The molecule has 0 atom stereocenters. The lowest BCUT2D eigenvalue weighted by atomic mass is 9.28. The van der Waals surface area contributed by atoms with Gasteiger partial charge < -0.3 is 10.6 Å². The smallest absolute Gasteiger partial charge is 0.117 e. The summed E-state index contributed by atoms with van der Waals surface area (Å²) in [6, 6.07) is 0. The van der Waals surface area contributed by atoms with E-state index in [0.29, 0.717) is 0 Å². The van der Waals surface area contributed by atoms with Crippen LogP contribution >= 0.6 is 0 Å². The molecule has 10 heteroatoms. The van der Waals surface area contributed by atoms with Crippen molar-refractivity contribution in [2.24, 2.45) is 0 Å². The quantitative estimate of drug-likeness (QED) is 0.362. The molecule has 0 radical (unpaired) electrons. The van der Waals surface area contributed by atoms with Crippen LogP contribution in [0.25, 0.3) is 0 Å². The molecule has 0 bridgehead atoms. The van der Waals surface area contributed by atoms with E-state index in [2.05, 4.69) is 73.4 Å². The molecule has 0 saturated carbocycles. The van der Waals surface area contributed by atoms with Crippen molar-refractivity contribution < 1.29 is 0 Å². The third-order valence-electron chi connectivity index (χ3n) is 4.38. The van der Waals surface area contributed by atoms with Gasteiger partial charge in [0.05, 0.1) is 0 Å². The first kappa shape index (κ1) is 12.5. The highest BCUT2D eigenvalue weighted by atomic mass is 15.2. The van der Waals surface area contributed by atoms with Crippen LogP contribution in [0.5, 0.6) is 0 Å². The summed E-state index contributed by atoms with van der Waals surface area (Å²) in [4.78, 5) is 0. The number of hydrogen-bond acceptors (Lipinski definition) is 2. The Morgan fingerprint density at radius 2 is 0.571 bits per heavy atom. The molecule has 1 saturated heterocycles. The van der Waals surface area contributed by atoms with E-state index in [-0.39, 0.29) is 21.4 Å². The van der Waals surface area contributed by atoms with Gasteiger partial charge in [-0.1, -0.05) is 0 Å². The highest BCUT2D eigenvalue weighted by Crippen LogP contribution is 2.25. The molecule has 14 heavy (non-hydrogen) atoms. The zero-order chi connectivity index (χ0) is 11.4. The Morgan fingerprint density at radius 3 is 0.714 bits per heavy atom. The molecule has 0 aromatic heterocycles. The third kappa shape index (κ3) is 1.76. The van der Waals surface area contributed by atoms with Crippen LogP contribution in [0.1, 0.15) is 0 Å². The Bertz CT molecular complexity index is 198. The summed E-state index contributed by atoms with van der Waals surface area (Å²) >= 11 is 0. The Labute approximate surface area is 95.1 Å². The van der Waals surface area contributed by atoms with E-state index in [1.165, 1.54) is 0 Å². The number of nitrogens with one attached hydrogen (secondary N) is 2. The van der Waals surface area contributed by atoms with Gasteiger partial charge in [-0.25, -0.2) is 0 Å². The molecule has 1 heterocycles. The average Bonchev–Trinajstić information content (AvgIpc) is 1.78. The molecule has 68 valence electrons. The van der Waals surface area contributed by atoms with E-state index in [9.17, 15) is 0 Å². The van der Waals surface area contributed by atoms with Crippen LogP contribution in [-0.4, -0.2) is 84.1 Å². The summed E-state index contributed by atoms with van der Waals surface area (Å²) in [5, 5.41) is 7.91. The van der Waals surface area contributed by atoms with E-state index in [0.717, 1.165) is 0 Å². The first-order valence-electron chi connectivity index (χ1n) is 5.50. The maximum atomic E-state index is 3.75. The van der Waals surface area contributed by atoms with Crippen molar-refractivity contribution in [1.29, 1.82) is 0 Å². The molecule has 1 aliphatic heterocycles. The van der Waals surface area contributed by atoms with E-state index < -0.39 is 0 Å². The van der Waals surface area contributed by atoms with Crippen molar-refractivity contribution in [3.63, 3.8) is 0 Å². The molecule has 0 amide bonds. The highest BCUT2D eigenvalue weighted by molar-refractivity contribution is 6.60. The molecule has 0 aliphatic carbocycles. The molecule has 0 unspecified atom stereocenters. The third-order valence-corrected chi connectivity index (χ3v) is 4.38. The Kier molecular flexibility index (Phi) is 2.66. The van der Waals surface area contributed by atoms with Gasteiger partial charge in [0.25, 0.3) is 0 Å². The topological polar surface area (TPSA) is 24.1 Å². The minimum absolute atomic E-state index is 0.103. The van der Waals surface area contributed by atoms with Gasteiger partial charge in [-0.3, -0.25) is 0 Å². The van der Waals surface area contributed by atoms with Gasteiger partial charge in [0.1, 0.15) is 62.8 Å². The van der Waals surface area contributed by atoms with E-state index in [1.54, 1.807) is 0 Å². The summed E-state index contributed by atoms with van der Waals surface area (Å²) in [7, 11) is 18.1. The number of piperazine rings is 1. The minimum atomic E-state index is 0.103. The average molecular weight is 181 g/mol. The number of hydrogen-bond donors (Lipinski definition) is 2. The summed E-state index contributed by atoms with van der Waals surface area (Å²) < 4.78 is 0. The first-order chi connectivity index (χ1) is 5.91. The molecule has 1 fully saturated rings. The maximum Gasteiger partial charge on any atom is 0.117 e. The molecular weight excluding hydrogens is 163 g/mol. The zero-order valence-electron chi connectivity index (χ0n) is 11.0. The monoisotopic (exact) mass is 182 g/mol. The number of rotatable bonds is 0. The Balaban J connectivity index is 3.07. The van der Waals surface area contributed by atoms with Gasteiger partial charge in [0, 0.05) is 0 Å². The lowest BCUT2D eigenvalue weighted by molar-refractivity contribution is 0.299. The van der Waals surface area contributed by atoms with Gasteiger partial charge in [0.15, 0.2) is 0 Å². The Hall–Kier alpha value is 0.439. The second kappa shape index (κ2) is 2.97. The largest absolute Gasteiger partial charge is 0.336 e. The Morgan fingerprint density at radius 1 is 0.429 bits per heavy atom. The molecule has 0 aromatic rings. The van der Waals surface area contributed by atoms with Crippen LogP contribution < -0.4 is 10.6 Å². The van der Waals surface area contributed by atoms with Crippen molar-refractivity contribution in [2.75, 3.05) is 0 Å². The molecule has 1 aliphatic rings. The molecule has 2 nitrogen and oxygen atoms in total. The SMILES string of the molecule is BC1(B)NC(B)(B)C(B)(B)NC1(B)B. The summed E-state index contributed by atoms with van der Waals surface area (Å²) in [6.45, 7) is 0. The zero-order valence-corrected chi connectivity index (χ0v) is 11.0. The van der Waals surface area contributed by atoms with Gasteiger partial charge >= 0.3 is 0 Å². The summed E-state index contributed by atoms with van der Waals surface area (Å²) in [5.41, 5.74) is 0. The molecule has 2 N–H and O–H groups in total. The fourth-order valence-electron chi connectivity index (χ4n) is 2.19. The fraction of sp³-hybridized carbons (Fsp3) is 1.00. The predicted molar refractivity (Wildman–Crippen MR) is 85.5 cm³/mol. The normalized spacial score (nSPS) is 32.0. The van der Waals surface area contributed by atoms with Crippen molar-refractivity contribution >= 4 is 62.8 Å². The predicted octanol–water partition coefficient (Wildman–Crippen LogP) is -9.14. The molecule has 1 rings (SSSR count). The van der Waals surface area contributed by atoms with Crippen LogP contribution in [0.4, 0.5) is 0 Å². The van der Waals surface area contributed by atoms with Gasteiger partial charge in [-0.2, -0.15) is 0 Å². The van der Waals surface area contributed by atoms with Crippen LogP contribution in [0.2, 0.25) is 0 Å². The maximum absolute atomic E-state index is 3.75. The van der Waals surface area contributed by atoms with Crippen LogP contribution in [0, 0.1) is 0 Å². The fourth-order valence-corrected chi connectivity index (χ4v) is 2.19. The second-order valence-corrected chi connectivity index (χ2v) is 6.75. The van der Waals surface area contributed by atoms with Gasteiger partial charge in [0.2, 0.25) is 0 Å². The highest BCUT2D eigenvalue weighted by Gasteiger charge is 2.51. The van der Waals surface area contributed by atoms with Gasteiger partial charge in [-0.15, -0.1) is 0 Å². The van der Waals surface area contributed by atoms with Crippen molar-refractivity contribution in [2.45, 2.75) is 21.4 Å². The summed E-state index contributed by atoms with van der Waals surface area (Å²) in [5.74, 6) is 0. The van der Waals surface area contributed by atoms with Crippen LogP contribution in [-0.2, 0) is 0 Å². The lowest BCUT2D eigenvalue weighted by Crippen LogP contribution is -2.91. The van der Waals surface area contributed by atoms with Crippen molar-refractivity contribution in [3.8, 4) is 0 Å². The minimum Gasteiger partial charge on any atom is -0.336 e. The van der Waals surface area contributed by atoms with Crippen molar-refractivity contribution in [1.82, 2.24) is 10.6 Å². The van der Waals surface area contributed by atoms with E-state index >= 15 is 0 Å². The lowest BCUT2D eigenvalue weighted by Gasteiger charge is -2.63. The summed E-state index contributed by atoms with van der Waals surface area (Å²) in [6.07, 6.45) is 0. The van der Waals surface area contributed by atoms with E-state index in [4.69, 9.17) is 0 Å². The van der Waals surface area contributed by atoms with E-state index in [1.807, 2.05) is 0 Å². The van der Waals surface area contributed by atoms with Crippen LogP contribution in [0.15, 0.2) is 0 Å². The first-order valence-corrected chi connectivity index (χ1v) is 5.50. The molecular formula is C4H18B8N2. The van der Waals surface area contributed by atoms with Gasteiger partial charge in [-0.05, 0) is 21.4 Å². The van der Waals surface area contributed by atoms with Crippen molar-refractivity contribution in [3.05, 3.63) is 0 Å².